The van der Waals surface area contributed by atoms with E-state index in [4.69, 9.17) is 4.74 Å². The molecule has 2 aliphatic rings. The van der Waals surface area contributed by atoms with Gasteiger partial charge in [0.25, 0.3) is 0 Å². The van der Waals surface area contributed by atoms with Crippen molar-refractivity contribution in [2.45, 2.75) is 50.7 Å². The molecule has 0 aliphatic carbocycles. The van der Waals surface area contributed by atoms with Crippen molar-refractivity contribution in [1.82, 2.24) is 9.97 Å². The number of anilines is 2. The third-order valence-corrected chi connectivity index (χ3v) is 5.14. The molecule has 0 amide bonds. The molecule has 128 valence electrons. The predicted octanol–water partition coefficient (Wildman–Crippen LogP) is 1.83. The topological polar surface area (TPSA) is 61.7 Å². The van der Waals surface area contributed by atoms with Gasteiger partial charge in [-0.2, -0.15) is 0 Å². The lowest BCUT2D eigenvalue weighted by Gasteiger charge is -2.36. The maximum absolute atomic E-state index is 10.1. The van der Waals surface area contributed by atoms with Crippen molar-refractivity contribution in [3.05, 3.63) is 12.4 Å². The van der Waals surface area contributed by atoms with E-state index in [0.717, 1.165) is 69.9 Å². The number of aliphatic hydroxyl groups is 1. The van der Waals surface area contributed by atoms with Crippen LogP contribution in [0.15, 0.2) is 12.4 Å². The van der Waals surface area contributed by atoms with Gasteiger partial charge in [0.2, 0.25) is 0 Å². The molecule has 6 nitrogen and oxygen atoms in total. The number of aromatic nitrogens is 2. The predicted molar refractivity (Wildman–Crippen MR) is 91.0 cm³/mol. The minimum absolute atomic E-state index is 0.366. The Morgan fingerprint density at radius 1 is 1.09 bits per heavy atom. The highest BCUT2D eigenvalue weighted by molar-refractivity contribution is 5.50. The summed E-state index contributed by atoms with van der Waals surface area (Å²) in [6.45, 7) is 5.60. The highest BCUT2D eigenvalue weighted by Gasteiger charge is 2.28. The fourth-order valence-electron chi connectivity index (χ4n) is 3.43. The van der Waals surface area contributed by atoms with Gasteiger partial charge in [0.1, 0.15) is 18.0 Å². The summed E-state index contributed by atoms with van der Waals surface area (Å²) in [5, 5.41) is 10.1. The molecule has 3 heterocycles. The minimum Gasteiger partial charge on any atom is -0.390 e. The maximum atomic E-state index is 10.1. The summed E-state index contributed by atoms with van der Waals surface area (Å²) in [7, 11) is 1.80. The third kappa shape index (κ3) is 4.12. The Bertz CT molecular complexity index is 513. The molecule has 6 heteroatoms. The van der Waals surface area contributed by atoms with E-state index in [2.05, 4.69) is 25.8 Å². The van der Waals surface area contributed by atoms with Crippen LogP contribution in [0.2, 0.25) is 0 Å². The van der Waals surface area contributed by atoms with Crippen molar-refractivity contribution < 1.29 is 9.84 Å². The molecule has 2 saturated heterocycles. The quantitative estimate of drug-likeness (QED) is 0.917. The normalized spacial score (nSPS) is 25.3. The monoisotopic (exact) mass is 320 g/mol. The second-order valence-corrected chi connectivity index (χ2v) is 6.99. The van der Waals surface area contributed by atoms with Gasteiger partial charge in [0, 0.05) is 39.4 Å². The first-order chi connectivity index (χ1) is 11.1. The molecule has 1 atom stereocenters. The van der Waals surface area contributed by atoms with Gasteiger partial charge in [0.05, 0.1) is 11.7 Å². The largest absolute Gasteiger partial charge is 0.390 e. The minimum atomic E-state index is -0.535. The molecule has 2 fully saturated rings. The van der Waals surface area contributed by atoms with E-state index >= 15 is 0 Å². The van der Waals surface area contributed by atoms with Gasteiger partial charge >= 0.3 is 0 Å². The van der Waals surface area contributed by atoms with Crippen molar-refractivity contribution in [3.63, 3.8) is 0 Å². The lowest BCUT2D eigenvalue weighted by Crippen LogP contribution is -2.42. The fourth-order valence-corrected chi connectivity index (χ4v) is 3.43. The second kappa shape index (κ2) is 7.01. The molecule has 3 rings (SSSR count). The van der Waals surface area contributed by atoms with E-state index in [-0.39, 0.29) is 0 Å². The van der Waals surface area contributed by atoms with Crippen molar-refractivity contribution >= 4 is 11.6 Å². The van der Waals surface area contributed by atoms with Crippen LogP contribution in [0.1, 0.15) is 39.0 Å². The van der Waals surface area contributed by atoms with Gasteiger partial charge in [0.15, 0.2) is 0 Å². The van der Waals surface area contributed by atoms with Crippen molar-refractivity contribution in [2.75, 3.05) is 43.1 Å². The highest BCUT2D eigenvalue weighted by Crippen LogP contribution is 2.27. The molecule has 0 aromatic carbocycles. The van der Waals surface area contributed by atoms with E-state index in [9.17, 15) is 5.11 Å². The molecular formula is C17H28N4O2. The van der Waals surface area contributed by atoms with Crippen LogP contribution in [0.5, 0.6) is 0 Å². The van der Waals surface area contributed by atoms with Gasteiger partial charge in [-0.1, -0.05) is 0 Å². The molecule has 1 unspecified atom stereocenters. The van der Waals surface area contributed by atoms with Crippen LogP contribution in [0.3, 0.4) is 0 Å². The third-order valence-electron chi connectivity index (χ3n) is 5.14. The number of hydrogen-bond donors (Lipinski definition) is 1. The molecule has 1 N–H and O–H groups in total. The molecule has 23 heavy (non-hydrogen) atoms. The Morgan fingerprint density at radius 3 is 2.39 bits per heavy atom. The Balaban J connectivity index is 1.68. The second-order valence-electron chi connectivity index (χ2n) is 6.99. The average Bonchev–Trinajstić information content (AvgIpc) is 2.80. The summed E-state index contributed by atoms with van der Waals surface area (Å²) in [4.78, 5) is 13.5. The maximum Gasteiger partial charge on any atom is 0.134 e. The Hall–Kier alpha value is -1.40. The lowest BCUT2D eigenvalue weighted by molar-refractivity contribution is 0.0350. The van der Waals surface area contributed by atoms with E-state index < -0.39 is 5.60 Å². The first-order valence-corrected chi connectivity index (χ1v) is 8.64. The number of ether oxygens (including phenoxy) is 1. The van der Waals surface area contributed by atoms with Crippen LogP contribution in [-0.4, -0.2) is 60.1 Å². The number of methoxy groups -OCH3 is 1. The Morgan fingerprint density at radius 2 is 1.74 bits per heavy atom. The van der Waals surface area contributed by atoms with E-state index in [1.807, 2.05) is 6.92 Å². The summed E-state index contributed by atoms with van der Waals surface area (Å²) >= 11 is 0. The molecule has 0 spiro atoms. The lowest BCUT2D eigenvalue weighted by atomic mass is 9.94. The van der Waals surface area contributed by atoms with Gasteiger partial charge in [-0.3, -0.25) is 0 Å². The van der Waals surface area contributed by atoms with E-state index in [1.165, 1.54) is 0 Å². The molecule has 1 aromatic heterocycles. The van der Waals surface area contributed by atoms with Crippen LogP contribution < -0.4 is 9.80 Å². The van der Waals surface area contributed by atoms with E-state index in [1.54, 1.807) is 13.4 Å². The molecule has 0 radical (unpaired) electrons. The molecule has 1 aromatic rings. The Kier molecular flexibility index (Phi) is 5.02. The van der Waals surface area contributed by atoms with Crippen LogP contribution in [0.4, 0.5) is 11.6 Å². The molecule has 0 bridgehead atoms. The zero-order chi connectivity index (χ0) is 16.3. The zero-order valence-electron chi connectivity index (χ0n) is 14.2. The first-order valence-electron chi connectivity index (χ1n) is 8.64. The first kappa shape index (κ1) is 16.5. The van der Waals surface area contributed by atoms with E-state index in [0.29, 0.717) is 6.10 Å². The smallest absolute Gasteiger partial charge is 0.134 e. The van der Waals surface area contributed by atoms with Gasteiger partial charge < -0.3 is 19.6 Å². The standard InChI is InChI=1S/C17H28N4O2/c1-17(22)6-10-21(11-7-17)16-12-15(18-13-19-16)20-8-3-4-14(23-2)5-9-20/h12-14,22H,3-11H2,1-2H3. The van der Waals surface area contributed by atoms with Crippen molar-refractivity contribution in [1.29, 1.82) is 0 Å². The van der Waals surface area contributed by atoms with Gasteiger partial charge in [-0.05, 0) is 39.0 Å². The molecule has 0 saturated carbocycles. The van der Waals surface area contributed by atoms with Crippen LogP contribution in [-0.2, 0) is 4.74 Å². The van der Waals surface area contributed by atoms with Crippen LogP contribution >= 0.6 is 0 Å². The Labute approximate surface area is 138 Å². The SMILES string of the molecule is COC1CCCN(c2cc(N3CCC(C)(O)CC3)ncn2)CC1. The summed E-state index contributed by atoms with van der Waals surface area (Å²) in [6, 6.07) is 2.09. The number of rotatable bonds is 3. The summed E-state index contributed by atoms with van der Waals surface area (Å²) < 4.78 is 5.50. The average molecular weight is 320 g/mol. The van der Waals surface area contributed by atoms with Gasteiger partial charge in [-0.25, -0.2) is 9.97 Å². The van der Waals surface area contributed by atoms with Crippen molar-refractivity contribution in [2.24, 2.45) is 0 Å². The van der Waals surface area contributed by atoms with Gasteiger partial charge in [-0.15, -0.1) is 0 Å². The number of piperidine rings is 1. The molecule has 2 aliphatic heterocycles. The number of nitrogens with zero attached hydrogens (tertiary/aromatic N) is 4. The molecular weight excluding hydrogens is 292 g/mol. The fraction of sp³-hybridized carbons (Fsp3) is 0.765. The highest BCUT2D eigenvalue weighted by atomic mass is 16.5. The van der Waals surface area contributed by atoms with Crippen LogP contribution in [0, 0.1) is 0 Å². The summed E-state index contributed by atoms with van der Waals surface area (Å²) in [5.41, 5.74) is -0.535. The number of hydrogen-bond acceptors (Lipinski definition) is 6. The summed E-state index contributed by atoms with van der Waals surface area (Å²) in [6.07, 6.45) is 6.89. The van der Waals surface area contributed by atoms with Crippen LogP contribution in [0.25, 0.3) is 0 Å². The zero-order valence-corrected chi connectivity index (χ0v) is 14.2. The van der Waals surface area contributed by atoms with Crippen molar-refractivity contribution in [3.8, 4) is 0 Å². The summed E-state index contributed by atoms with van der Waals surface area (Å²) in [5.74, 6) is 1.97.